The van der Waals surface area contributed by atoms with Gasteiger partial charge in [0.1, 0.15) is 0 Å². The van der Waals surface area contributed by atoms with Crippen molar-refractivity contribution in [2.45, 2.75) is 19.5 Å². The fourth-order valence-corrected chi connectivity index (χ4v) is 2.11. The molecule has 0 saturated carbocycles. The fourth-order valence-electron chi connectivity index (χ4n) is 2.11. The first kappa shape index (κ1) is 11.7. The van der Waals surface area contributed by atoms with E-state index in [0.29, 0.717) is 26.1 Å². The van der Waals surface area contributed by atoms with Gasteiger partial charge in [0.15, 0.2) is 0 Å². The summed E-state index contributed by atoms with van der Waals surface area (Å²) in [5, 5.41) is 0. The van der Waals surface area contributed by atoms with Gasteiger partial charge in [-0.25, -0.2) is 0 Å². The van der Waals surface area contributed by atoms with Gasteiger partial charge in [-0.2, -0.15) is 0 Å². The predicted molar refractivity (Wildman–Crippen MR) is 66.7 cm³/mol. The molecule has 0 radical (unpaired) electrons. The Morgan fingerprint density at radius 3 is 2.88 bits per heavy atom. The van der Waals surface area contributed by atoms with Gasteiger partial charge in [0.2, 0.25) is 5.91 Å². The van der Waals surface area contributed by atoms with Gasteiger partial charge < -0.3 is 10.6 Å². The molecule has 1 aliphatic rings. The number of carbonyl (C=O) groups excluding carboxylic acids is 1. The van der Waals surface area contributed by atoms with Crippen LogP contribution in [0.1, 0.15) is 17.5 Å². The first-order valence-corrected chi connectivity index (χ1v) is 5.74. The van der Waals surface area contributed by atoms with E-state index in [1.807, 2.05) is 29.2 Å². The van der Waals surface area contributed by atoms with Gasteiger partial charge in [-0.15, -0.1) is 12.3 Å². The Morgan fingerprint density at radius 1 is 1.47 bits per heavy atom. The largest absolute Gasteiger partial charge is 0.337 e. The van der Waals surface area contributed by atoms with Gasteiger partial charge in [-0.3, -0.25) is 4.79 Å². The highest BCUT2D eigenvalue weighted by molar-refractivity contribution is 5.79. The van der Waals surface area contributed by atoms with Crippen molar-refractivity contribution in [2.75, 3.05) is 6.54 Å². The molecule has 3 nitrogen and oxygen atoms in total. The van der Waals surface area contributed by atoms with Gasteiger partial charge in [0, 0.05) is 32.0 Å². The zero-order valence-electron chi connectivity index (χ0n) is 9.73. The maximum absolute atomic E-state index is 11.7. The summed E-state index contributed by atoms with van der Waals surface area (Å²) in [5.74, 6) is 2.86. The Balaban J connectivity index is 2.06. The SMILES string of the molecule is C#CC1CC(=O)N(Cc2cccc(CN)c2)C1. The minimum Gasteiger partial charge on any atom is -0.337 e. The van der Waals surface area contributed by atoms with Crippen molar-refractivity contribution in [3.8, 4) is 12.3 Å². The van der Waals surface area contributed by atoms with E-state index in [2.05, 4.69) is 5.92 Å². The first-order chi connectivity index (χ1) is 8.22. The Morgan fingerprint density at radius 2 is 2.24 bits per heavy atom. The van der Waals surface area contributed by atoms with Crippen LogP contribution in [-0.4, -0.2) is 17.4 Å². The van der Waals surface area contributed by atoms with Crippen LogP contribution in [0.2, 0.25) is 0 Å². The number of hydrogen-bond donors (Lipinski definition) is 1. The van der Waals surface area contributed by atoms with Crippen LogP contribution in [0.3, 0.4) is 0 Å². The van der Waals surface area contributed by atoms with E-state index >= 15 is 0 Å². The van der Waals surface area contributed by atoms with Crippen molar-refractivity contribution >= 4 is 5.91 Å². The molecule has 2 rings (SSSR count). The topological polar surface area (TPSA) is 46.3 Å². The number of benzene rings is 1. The zero-order chi connectivity index (χ0) is 12.3. The lowest BCUT2D eigenvalue weighted by Gasteiger charge is -2.16. The van der Waals surface area contributed by atoms with E-state index in [1.165, 1.54) is 0 Å². The van der Waals surface area contributed by atoms with Crippen molar-refractivity contribution in [3.05, 3.63) is 35.4 Å². The van der Waals surface area contributed by atoms with E-state index in [-0.39, 0.29) is 11.8 Å². The lowest BCUT2D eigenvalue weighted by Crippen LogP contribution is -2.24. The standard InChI is InChI=1S/C14H16N2O/c1-2-11-7-14(17)16(9-11)10-13-5-3-4-12(6-13)8-15/h1,3-6,11H,7-10,15H2. The molecule has 2 N–H and O–H groups in total. The molecular weight excluding hydrogens is 212 g/mol. The first-order valence-electron chi connectivity index (χ1n) is 5.74. The molecule has 88 valence electrons. The number of terminal acetylenes is 1. The molecule has 1 heterocycles. The highest BCUT2D eigenvalue weighted by Crippen LogP contribution is 2.19. The average Bonchev–Trinajstić information content (AvgIpc) is 2.70. The molecule has 1 fully saturated rings. The van der Waals surface area contributed by atoms with Crippen LogP contribution in [-0.2, 0) is 17.9 Å². The molecule has 0 aliphatic carbocycles. The number of amides is 1. The zero-order valence-corrected chi connectivity index (χ0v) is 9.73. The molecule has 1 unspecified atom stereocenters. The van der Waals surface area contributed by atoms with Gasteiger partial charge in [0.25, 0.3) is 0 Å². The normalized spacial score (nSPS) is 19.4. The van der Waals surface area contributed by atoms with Crippen LogP contribution >= 0.6 is 0 Å². The van der Waals surface area contributed by atoms with Crippen molar-refractivity contribution in [1.82, 2.24) is 4.90 Å². The third-order valence-electron chi connectivity index (χ3n) is 3.05. The molecule has 1 aliphatic heterocycles. The minimum atomic E-state index is 0.0696. The quantitative estimate of drug-likeness (QED) is 0.788. The minimum absolute atomic E-state index is 0.0696. The second kappa shape index (κ2) is 5.03. The van der Waals surface area contributed by atoms with Gasteiger partial charge in [-0.1, -0.05) is 24.3 Å². The summed E-state index contributed by atoms with van der Waals surface area (Å²) in [4.78, 5) is 13.5. The number of likely N-dealkylation sites (tertiary alicyclic amines) is 1. The van der Waals surface area contributed by atoms with E-state index in [0.717, 1.165) is 11.1 Å². The molecule has 1 amide bonds. The van der Waals surface area contributed by atoms with Crippen molar-refractivity contribution in [3.63, 3.8) is 0 Å². The fraction of sp³-hybridized carbons (Fsp3) is 0.357. The Hall–Kier alpha value is -1.79. The van der Waals surface area contributed by atoms with Crippen LogP contribution in [0.5, 0.6) is 0 Å². The molecule has 1 atom stereocenters. The van der Waals surface area contributed by atoms with Crippen LogP contribution in [0.4, 0.5) is 0 Å². The molecule has 3 heteroatoms. The highest BCUT2D eigenvalue weighted by atomic mass is 16.2. The predicted octanol–water partition coefficient (Wildman–Crippen LogP) is 1.13. The van der Waals surface area contributed by atoms with Gasteiger partial charge in [0.05, 0.1) is 0 Å². The van der Waals surface area contributed by atoms with Crippen LogP contribution in [0.15, 0.2) is 24.3 Å². The molecule has 1 saturated heterocycles. The summed E-state index contributed by atoms with van der Waals surface area (Å²) in [6, 6.07) is 8.00. The number of nitrogens with two attached hydrogens (primary N) is 1. The van der Waals surface area contributed by atoms with E-state index in [9.17, 15) is 4.79 Å². The Labute approximate surface area is 102 Å². The second-order valence-corrected chi connectivity index (χ2v) is 4.37. The van der Waals surface area contributed by atoms with E-state index in [4.69, 9.17) is 12.2 Å². The summed E-state index contributed by atoms with van der Waals surface area (Å²) < 4.78 is 0. The molecule has 1 aromatic rings. The molecule has 17 heavy (non-hydrogen) atoms. The summed E-state index contributed by atoms with van der Waals surface area (Å²) in [6.45, 7) is 1.82. The third kappa shape index (κ3) is 2.66. The molecular formula is C14H16N2O. The Bertz CT molecular complexity index is 462. The third-order valence-corrected chi connectivity index (χ3v) is 3.05. The van der Waals surface area contributed by atoms with Crippen molar-refractivity contribution < 1.29 is 4.79 Å². The summed E-state index contributed by atoms with van der Waals surface area (Å²) in [6.07, 6.45) is 5.83. The Kier molecular flexibility index (Phi) is 3.46. The summed E-state index contributed by atoms with van der Waals surface area (Å²) in [7, 11) is 0. The highest BCUT2D eigenvalue weighted by Gasteiger charge is 2.27. The molecule has 1 aromatic carbocycles. The van der Waals surface area contributed by atoms with Crippen LogP contribution in [0, 0.1) is 18.3 Å². The lowest BCUT2D eigenvalue weighted by molar-refractivity contribution is -0.128. The van der Waals surface area contributed by atoms with E-state index < -0.39 is 0 Å². The maximum atomic E-state index is 11.7. The summed E-state index contributed by atoms with van der Waals surface area (Å²) >= 11 is 0. The number of hydrogen-bond acceptors (Lipinski definition) is 2. The number of carbonyl (C=O) groups is 1. The monoisotopic (exact) mass is 228 g/mol. The van der Waals surface area contributed by atoms with Crippen LogP contribution in [0.25, 0.3) is 0 Å². The number of rotatable bonds is 3. The average molecular weight is 228 g/mol. The van der Waals surface area contributed by atoms with Crippen LogP contribution < -0.4 is 5.73 Å². The molecule has 0 bridgehead atoms. The molecule has 0 spiro atoms. The van der Waals surface area contributed by atoms with Crippen molar-refractivity contribution in [1.29, 1.82) is 0 Å². The van der Waals surface area contributed by atoms with Crippen molar-refractivity contribution in [2.24, 2.45) is 11.7 Å². The number of nitrogens with zero attached hydrogens (tertiary/aromatic N) is 1. The lowest BCUT2D eigenvalue weighted by atomic mass is 10.1. The van der Waals surface area contributed by atoms with E-state index in [1.54, 1.807) is 0 Å². The maximum Gasteiger partial charge on any atom is 0.224 e. The second-order valence-electron chi connectivity index (χ2n) is 4.37. The molecule has 0 aromatic heterocycles. The smallest absolute Gasteiger partial charge is 0.224 e. The van der Waals surface area contributed by atoms with Gasteiger partial charge >= 0.3 is 0 Å². The van der Waals surface area contributed by atoms with Gasteiger partial charge in [-0.05, 0) is 11.1 Å². The summed E-state index contributed by atoms with van der Waals surface area (Å²) in [5.41, 5.74) is 7.79.